The fourth-order valence-electron chi connectivity index (χ4n) is 3.74. The van der Waals surface area contributed by atoms with Gasteiger partial charge in [-0.15, -0.1) is 0 Å². The molecule has 11 heteroatoms. The third-order valence-electron chi connectivity index (χ3n) is 5.23. The Balaban J connectivity index is 1.55. The molecule has 0 unspecified atom stereocenters. The van der Waals surface area contributed by atoms with E-state index in [2.05, 4.69) is 15.9 Å². The summed E-state index contributed by atoms with van der Waals surface area (Å²) in [5.74, 6) is -2.03. The van der Waals surface area contributed by atoms with Crippen LogP contribution in [0.5, 0.6) is 0 Å². The number of hydrogen-bond acceptors (Lipinski definition) is 4. The van der Waals surface area contributed by atoms with Crippen molar-refractivity contribution in [3.8, 4) is 0 Å². The fourth-order valence-corrected chi connectivity index (χ4v) is 5.97. The van der Waals surface area contributed by atoms with Crippen molar-refractivity contribution in [3.63, 3.8) is 0 Å². The van der Waals surface area contributed by atoms with Gasteiger partial charge in [0.2, 0.25) is 10.0 Å². The summed E-state index contributed by atoms with van der Waals surface area (Å²) in [6.45, 7) is 0.277. The summed E-state index contributed by atoms with van der Waals surface area (Å²) in [6, 6.07) is 6.33. The Morgan fingerprint density at radius 1 is 1.10 bits per heavy atom. The summed E-state index contributed by atoms with van der Waals surface area (Å²) in [7, 11) is -4.16. The lowest BCUT2D eigenvalue weighted by Crippen LogP contribution is -2.50. The van der Waals surface area contributed by atoms with E-state index in [-0.39, 0.29) is 30.2 Å². The number of carbonyl (C=O) groups is 1. The van der Waals surface area contributed by atoms with E-state index < -0.39 is 32.6 Å². The molecule has 4 rings (SSSR count). The van der Waals surface area contributed by atoms with Gasteiger partial charge in [-0.05, 0) is 53.0 Å². The van der Waals surface area contributed by atoms with Gasteiger partial charge < -0.3 is 4.74 Å². The number of hydrogen-bond donors (Lipinski definition) is 0. The first-order valence-corrected chi connectivity index (χ1v) is 11.7. The summed E-state index contributed by atoms with van der Waals surface area (Å²) in [5.41, 5.74) is 1.46. The molecule has 1 saturated heterocycles. The van der Waals surface area contributed by atoms with Gasteiger partial charge in [-0.3, -0.25) is 4.90 Å². The summed E-state index contributed by atoms with van der Waals surface area (Å²) in [6.07, 6.45) is 0.167. The second kappa shape index (κ2) is 8.07. The number of ether oxygens (including phenoxy) is 1. The zero-order valence-electron chi connectivity index (χ0n) is 15.4. The Kier molecular flexibility index (Phi) is 5.78. The average molecular weight is 522 g/mol. The molecule has 2 aromatic carbocycles. The van der Waals surface area contributed by atoms with Crippen LogP contribution in [0, 0.1) is 11.6 Å². The van der Waals surface area contributed by atoms with Crippen molar-refractivity contribution in [1.29, 1.82) is 0 Å². The van der Waals surface area contributed by atoms with Gasteiger partial charge in [-0.2, -0.15) is 4.31 Å². The van der Waals surface area contributed by atoms with Crippen LogP contribution in [0.25, 0.3) is 0 Å². The molecule has 2 heterocycles. The van der Waals surface area contributed by atoms with Gasteiger partial charge in [0.05, 0.1) is 10.2 Å². The lowest BCUT2D eigenvalue weighted by molar-refractivity contribution is 0.136. The predicted octanol–water partition coefficient (Wildman–Crippen LogP) is 4.69. The molecule has 2 aromatic rings. The molecule has 6 nitrogen and oxygen atoms in total. The van der Waals surface area contributed by atoms with Crippen molar-refractivity contribution in [2.24, 2.45) is 0 Å². The van der Waals surface area contributed by atoms with Gasteiger partial charge in [0.25, 0.3) is 0 Å². The second-order valence-electron chi connectivity index (χ2n) is 7.03. The molecule has 0 atom stereocenters. The van der Waals surface area contributed by atoms with Crippen molar-refractivity contribution in [3.05, 3.63) is 57.0 Å². The molecule has 30 heavy (non-hydrogen) atoms. The maximum Gasteiger partial charge on any atom is 0.414 e. The molecular formula is C19H16BrClF2N2O4S. The van der Waals surface area contributed by atoms with Gasteiger partial charge in [-0.1, -0.05) is 11.6 Å². The molecule has 1 fully saturated rings. The van der Waals surface area contributed by atoms with Crippen LogP contribution < -0.4 is 4.90 Å². The number of benzene rings is 2. The Hall–Kier alpha value is -1.75. The van der Waals surface area contributed by atoms with Crippen molar-refractivity contribution < 1.29 is 26.7 Å². The lowest BCUT2D eigenvalue weighted by atomic mass is 10.0. The molecule has 0 bridgehead atoms. The zero-order valence-corrected chi connectivity index (χ0v) is 18.6. The molecule has 160 valence electrons. The van der Waals surface area contributed by atoms with Crippen molar-refractivity contribution in [2.75, 3.05) is 18.0 Å². The monoisotopic (exact) mass is 520 g/mol. The van der Waals surface area contributed by atoms with Gasteiger partial charge in [0, 0.05) is 35.8 Å². The van der Waals surface area contributed by atoms with Crippen molar-refractivity contribution in [2.45, 2.75) is 30.4 Å². The number of anilines is 1. The minimum Gasteiger partial charge on any atom is -0.444 e. The highest BCUT2D eigenvalue weighted by atomic mass is 79.9. The normalized spacial score (nSPS) is 18.3. The smallest absolute Gasteiger partial charge is 0.414 e. The Bertz CT molecular complexity index is 1120. The Morgan fingerprint density at radius 2 is 1.80 bits per heavy atom. The summed E-state index contributed by atoms with van der Waals surface area (Å²) in [4.78, 5) is 13.3. The number of amides is 1. The van der Waals surface area contributed by atoms with Gasteiger partial charge in [0.15, 0.2) is 0 Å². The van der Waals surface area contributed by atoms with Gasteiger partial charge in [-0.25, -0.2) is 22.0 Å². The Morgan fingerprint density at radius 3 is 2.50 bits per heavy atom. The first kappa shape index (κ1) is 21.5. The van der Waals surface area contributed by atoms with Crippen molar-refractivity contribution >= 4 is 49.3 Å². The number of fused-ring (bicyclic) bond motifs is 1. The highest BCUT2D eigenvalue weighted by molar-refractivity contribution is 9.10. The standard InChI is InChI=1S/C19H16BrClF2N2O4S/c20-14-8-18(16(23)9-15(14)22)30(27,28)24-5-3-13(4-6-24)25-17-2-1-12(21)7-11(17)10-29-19(25)26/h1-2,7-9,13H,3-6,10H2. The number of rotatable bonds is 3. The van der Waals surface area contributed by atoms with Crippen LogP contribution in [0.1, 0.15) is 18.4 Å². The maximum atomic E-state index is 14.2. The minimum atomic E-state index is -4.16. The summed E-state index contributed by atoms with van der Waals surface area (Å²) < 4.78 is 59.6. The SMILES string of the molecule is O=C1OCc2cc(Cl)ccc2N1C1CCN(S(=O)(=O)c2cc(Br)c(F)cc2F)CC1. The van der Waals surface area contributed by atoms with Crippen LogP contribution in [-0.4, -0.2) is 37.9 Å². The molecule has 0 aromatic heterocycles. The molecule has 0 spiro atoms. The van der Waals surface area contributed by atoms with E-state index in [1.807, 2.05) is 0 Å². The van der Waals surface area contributed by atoms with Crippen LogP contribution in [-0.2, 0) is 21.4 Å². The average Bonchev–Trinajstić information content (AvgIpc) is 2.71. The minimum absolute atomic E-state index is 0.0775. The van der Waals surface area contributed by atoms with Crippen LogP contribution in [0.4, 0.5) is 19.3 Å². The van der Waals surface area contributed by atoms with E-state index in [0.29, 0.717) is 29.6 Å². The molecule has 1 amide bonds. The van der Waals surface area contributed by atoms with Crippen LogP contribution >= 0.6 is 27.5 Å². The van der Waals surface area contributed by atoms with Crippen LogP contribution in [0.15, 0.2) is 39.7 Å². The fraction of sp³-hybridized carbons (Fsp3) is 0.316. The van der Waals surface area contributed by atoms with E-state index in [4.69, 9.17) is 16.3 Å². The van der Waals surface area contributed by atoms with E-state index in [1.165, 1.54) is 4.90 Å². The predicted molar refractivity (Wildman–Crippen MR) is 110 cm³/mol. The van der Waals surface area contributed by atoms with Gasteiger partial charge in [0.1, 0.15) is 23.1 Å². The number of nitrogens with zero attached hydrogens (tertiary/aromatic N) is 2. The molecule has 2 aliphatic heterocycles. The Labute approximate surface area is 185 Å². The highest BCUT2D eigenvalue weighted by Crippen LogP contribution is 2.35. The largest absolute Gasteiger partial charge is 0.444 e. The van der Waals surface area contributed by atoms with E-state index >= 15 is 0 Å². The summed E-state index contributed by atoms with van der Waals surface area (Å²) in [5, 5.41) is 0.528. The topological polar surface area (TPSA) is 66.9 Å². The zero-order chi connectivity index (χ0) is 21.6. The van der Waals surface area contributed by atoms with E-state index in [0.717, 1.165) is 15.9 Å². The number of carbonyl (C=O) groups excluding carboxylic acids is 1. The second-order valence-corrected chi connectivity index (χ2v) is 10.2. The maximum absolute atomic E-state index is 14.2. The quantitative estimate of drug-likeness (QED) is 0.550. The van der Waals surface area contributed by atoms with Crippen LogP contribution in [0.3, 0.4) is 0 Å². The van der Waals surface area contributed by atoms with Crippen molar-refractivity contribution in [1.82, 2.24) is 4.31 Å². The summed E-state index contributed by atoms with van der Waals surface area (Å²) >= 11 is 8.91. The van der Waals surface area contributed by atoms with Gasteiger partial charge >= 0.3 is 6.09 Å². The number of sulfonamides is 1. The molecule has 0 saturated carbocycles. The molecule has 0 radical (unpaired) electrons. The molecular weight excluding hydrogens is 506 g/mol. The van der Waals surface area contributed by atoms with Crippen LogP contribution in [0.2, 0.25) is 5.02 Å². The number of piperidine rings is 1. The highest BCUT2D eigenvalue weighted by Gasteiger charge is 2.38. The molecule has 0 N–H and O–H groups in total. The van der Waals surface area contributed by atoms with E-state index in [1.54, 1.807) is 18.2 Å². The number of halogens is 4. The third-order valence-corrected chi connectivity index (χ3v) is 7.99. The molecule has 0 aliphatic carbocycles. The first-order chi connectivity index (χ1) is 14.2. The number of cyclic esters (lactones) is 1. The molecule has 2 aliphatic rings. The first-order valence-electron chi connectivity index (χ1n) is 9.07. The third kappa shape index (κ3) is 3.81. The lowest BCUT2D eigenvalue weighted by Gasteiger charge is -2.39. The van der Waals surface area contributed by atoms with E-state index in [9.17, 15) is 22.0 Å².